The fraction of sp³-hybridized carbons (Fsp3) is 0.500. The molecule has 0 N–H and O–H groups in total. The van der Waals surface area contributed by atoms with Crippen molar-refractivity contribution in [3.8, 4) is 10.8 Å². The summed E-state index contributed by atoms with van der Waals surface area (Å²) in [4.78, 5) is 4.58. The summed E-state index contributed by atoms with van der Waals surface area (Å²) in [6.07, 6.45) is 4.11. The lowest BCUT2D eigenvalue weighted by Crippen LogP contribution is -2.31. The Morgan fingerprint density at radius 3 is 2.79 bits per heavy atom. The van der Waals surface area contributed by atoms with E-state index in [2.05, 4.69) is 20.3 Å². The molecule has 29 heavy (non-hydrogen) atoms. The van der Waals surface area contributed by atoms with Gasteiger partial charge in [-0.25, -0.2) is 13.4 Å². The predicted octanol–water partition coefficient (Wildman–Crippen LogP) is 3.09. The van der Waals surface area contributed by atoms with Gasteiger partial charge in [0.15, 0.2) is 0 Å². The van der Waals surface area contributed by atoms with Crippen LogP contribution < -0.4 is 4.31 Å². The number of nitrogens with zero attached hydrogens (tertiary/aromatic N) is 6. The number of alkyl halides is 2. The third-order valence-corrected chi connectivity index (χ3v) is 7.13. The molecule has 3 heterocycles. The SMILES string of the molecule is CCS(=O)(=O)N(Cc1ncc(-c2nnc(C(F)F)o2)s1)c1cnn(CC2CC2)c1. The lowest BCUT2D eigenvalue weighted by Gasteiger charge is -2.20. The summed E-state index contributed by atoms with van der Waals surface area (Å²) in [6.45, 7) is 2.32. The first-order valence-corrected chi connectivity index (χ1v) is 11.4. The van der Waals surface area contributed by atoms with Crippen LogP contribution in [0.5, 0.6) is 0 Å². The molecule has 3 aromatic heterocycles. The molecule has 0 bridgehead atoms. The average Bonchev–Trinajstić information content (AvgIpc) is 3.10. The molecule has 1 saturated carbocycles. The Balaban J connectivity index is 1.56. The van der Waals surface area contributed by atoms with Crippen molar-refractivity contribution >= 4 is 27.0 Å². The fourth-order valence-corrected chi connectivity index (χ4v) is 4.64. The Hall–Kier alpha value is -2.41. The van der Waals surface area contributed by atoms with E-state index in [1.807, 2.05) is 0 Å². The smallest absolute Gasteiger partial charge is 0.314 e. The highest BCUT2D eigenvalue weighted by Gasteiger charge is 2.26. The Bertz CT molecular complexity index is 1090. The van der Waals surface area contributed by atoms with Gasteiger partial charge in [0.2, 0.25) is 10.0 Å². The average molecular weight is 444 g/mol. The predicted molar refractivity (Wildman–Crippen MR) is 101 cm³/mol. The summed E-state index contributed by atoms with van der Waals surface area (Å²) >= 11 is 1.10. The van der Waals surface area contributed by atoms with Gasteiger partial charge < -0.3 is 4.42 Å². The van der Waals surface area contributed by atoms with Crippen molar-refractivity contribution in [3.05, 3.63) is 29.5 Å². The molecular formula is C16H18F2N6O3S2. The maximum absolute atomic E-state index is 12.6. The van der Waals surface area contributed by atoms with E-state index >= 15 is 0 Å². The number of sulfonamides is 1. The Morgan fingerprint density at radius 2 is 2.14 bits per heavy atom. The van der Waals surface area contributed by atoms with Gasteiger partial charge in [-0.2, -0.15) is 13.9 Å². The number of halogens is 2. The van der Waals surface area contributed by atoms with Crippen LogP contribution in [0.2, 0.25) is 0 Å². The van der Waals surface area contributed by atoms with Gasteiger partial charge in [0.1, 0.15) is 9.88 Å². The number of aromatic nitrogens is 5. The third kappa shape index (κ3) is 4.45. The van der Waals surface area contributed by atoms with Crippen LogP contribution in [0, 0.1) is 5.92 Å². The maximum Gasteiger partial charge on any atom is 0.314 e. The van der Waals surface area contributed by atoms with Crippen molar-refractivity contribution in [1.29, 1.82) is 0 Å². The fourth-order valence-electron chi connectivity index (χ4n) is 2.68. The first kappa shape index (κ1) is 19.9. The second kappa shape index (κ2) is 7.78. The van der Waals surface area contributed by atoms with Crippen LogP contribution in [0.1, 0.15) is 37.1 Å². The highest BCUT2D eigenvalue weighted by atomic mass is 32.2. The Kier molecular flexibility index (Phi) is 5.34. The molecule has 4 rings (SSSR count). The summed E-state index contributed by atoms with van der Waals surface area (Å²) in [6, 6.07) is 0. The zero-order valence-corrected chi connectivity index (χ0v) is 17.0. The van der Waals surface area contributed by atoms with Gasteiger partial charge in [-0.1, -0.05) is 0 Å². The van der Waals surface area contributed by atoms with E-state index in [9.17, 15) is 17.2 Å². The van der Waals surface area contributed by atoms with Gasteiger partial charge in [-0.3, -0.25) is 8.99 Å². The molecule has 0 aromatic carbocycles. The molecule has 13 heteroatoms. The summed E-state index contributed by atoms with van der Waals surface area (Å²) in [5, 5.41) is 11.6. The number of hydrogen-bond donors (Lipinski definition) is 0. The van der Waals surface area contributed by atoms with Crippen LogP contribution in [0.25, 0.3) is 10.8 Å². The molecular weight excluding hydrogens is 426 g/mol. The van der Waals surface area contributed by atoms with Crippen LogP contribution in [-0.4, -0.2) is 39.1 Å². The van der Waals surface area contributed by atoms with E-state index in [1.165, 1.54) is 16.7 Å². The molecule has 0 amide bonds. The molecule has 1 aliphatic rings. The molecule has 0 aliphatic heterocycles. The van der Waals surface area contributed by atoms with Crippen molar-refractivity contribution in [2.45, 2.75) is 39.3 Å². The summed E-state index contributed by atoms with van der Waals surface area (Å²) in [5.41, 5.74) is 0.460. The molecule has 0 saturated heterocycles. The lowest BCUT2D eigenvalue weighted by atomic mass is 10.4. The largest absolute Gasteiger partial charge is 0.414 e. The summed E-state index contributed by atoms with van der Waals surface area (Å²) < 4.78 is 58.5. The minimum Gasteiger partial charge on any atom is -0.414 e. The Labute approximate surface area is 169 Å². The van der Waals surface area contributed by atoms with E-state index in [0.717, 1.165) is 30.7 Å². The molecule has 0 radical (unpaired) electrons. The molecule has 1 fully saturated rings. The number of thiazole rings is 1. The van der Waals surface area contributed by atoms with Crippen molar-refractivity contribution in [3.63, 3.8) is 0 Å². The molecule has 1 aliphatic carbocycles. The molecule has 0 unspecified atom stereocenters. The zero-order valence-electron chi connectivity index (χ0n) is 15.4. The van der Waals surface area contributed by atoms with Crippen LogP contribution in [-0.2, 0) is 23.1 Å². The molecule has 3 aromatic rings. The van der Waals surface area contributed by atoms with Crippen molar-refractivity contribution in [1.82, 2.24) is 25.0 Å². The number of hydrogen-bond acceptors (Lipinski definition) is 8. The van der Waals surface area contributed by atoms with Gasteiger partial charge in [0.05, 0.1) is 30.4 Å². The van der Waals surface area contributed by atoms with Crippen LogP contribution >= 0.6 is 11.3 Å². The maximum atomic E-state index is 12.6. The molecule has 156 valence electrons. The monoisotopic (exact) mass is 444 g/mol. The minimum atomic E-state index is -3.58. The van der Waals surface area contributed by atoms with Crippen molar-refractivity contribution < 1.29 is 21.6 Å². The van der Waals surface area contributed by atoms with Crippen LogP contribution in [0.3, 0.4) is 0 Å². The first-order chi connectivity index (χ1) is 13.9. The zero-order chi connectivity index (χ0) is 20.6. The van der Waals surface area contributed by atoms with Crippen molar-refractivity contribution in [2.75, 3.05) is 10.1 Å². The molecule has 9 nitrogen and oxygen atoms in total. The third-order valence-electron chi connectivity index (χ3n) is 4.42. The van der Waals surface area contributed by atoms with E-state index < -0.39 is 22.3 Å². The molecule has 0 spiro atoms. The van der Waals surface area contributed by atoms with Crippen molar-refractivity contribution in [2.24, 2.45) is 5.92 Å². The second-order valence-corrected chi connectivity index (χ2v) is 9.93. The topological polar surface area (TPSA) is 107 Å². The summed E-state index contributed by atoms with van der Waals surface area (Å²) in [5.74, 6) is -0.326. The van der Waals surface area contributed by atoms with Gasteiger partial charge in [-0.05, 0) is 25.7 Å². The van der Waals surface area contributed by atoms with Gasteiger partial charge in [0, 0.05) is 12.7 Å². The molecule has 0 atom stereocenters. The van der Waals surface area contributed by atoms with E-state index in [-0.39, 0.29) is 18.2 Å². The Morgan fingerprint density at radius 1 is 1.34 bits per heavy atom. The van der Waals surface area contributed by atoms with Gasteiger partial charge in [-0.15, -0.1) is 21.5 Å². The summed E-state index contributed by atoms with van der Waals surface area (Å²) in [7, 11) is -3.58. The normalized spacial score (nSPS) is 14.6. The van der Waals surface area contributed by atoms with E-state index in [4.69, 9.17) is 4.42 Å². The van der Waals surface area contributed by atoms with E-state index in [0.29, 0.717) is 21.5 Å². The standard InChI is InChI=1S/C16H18F2N6O3S2/c1-2-29(25,26)24(11-5-20-23(8-11)7-10-3-4-10)9-13-19-6-12(28-13)15-21-22-16(27-15)14(17)18/h5-6,8,10,14H,2-4,7,9H2,1H3. The highest BCUT2D eigenvalue weighted by molar-refractivity contribution is 7.92. The van der Waals surface area contributed by atoms with E-state index in [1.54, 1.807) is 17.8 Å². The van der Waals surface area contributed by atoms with Gasteiger partial charge >= 0.3 is 6.43 Å². The minimum absolute atomic E-state index is 0.00813. The van der Waals surface area contributed by atoms with Gasteiger partial charge in [0.25, 0.3) is 11.8 Å². The quantitative estimate of drug-likeness (QED) is 0.499. The number of anilines is 1. The highest BCUT2D eigenvalue weighted by Crippen LogP contribution is 2.32. The number of rotatable bonds is 9. The lowest BCUT2D eigenvalue weighted by molar-refractivity contribution is 0.116. The van der Waals surface area contributed by atoms with Crippen LogP contribution in [0.15, 0.2) is 23.0 Å². The second-order valence-electron chi connectivity index (χ2n) is 6.64. The van der Waals surface area contributed by atoms with Crippen LogP contribution in [0.4, 0.5) is 14.5 Å². The first-order valence-electron chi connectivity index (χ1n) is 8.95.